The molecular formula is C9H19N. The van der Waals surface area contributed by atoms with Gasteiger partial charge in [-0.1, -0.05) is 20.8 Å². The van der Waals surface area contributed by atoms with Crippen LogP contribution >= 0.6 is 0 Å². The van der Waals surface area contributed by atoms with Gasteiger partial charge in [0.25, 0.3) is 0 Å². The van der Waals surface area contributed by atoms with Gasteiger partial charge < -0.3 is 5.73 Å². The van der Waals surface area contributed by atoms with Crippen LogP contribution in [0.5, 0.6) is 0 Å². The van der Waals surface area contributed by atoms with Crippen LogP contribution in [0.1, 0.15) is 33.6 Å². The largest absolute Gasteiger partial charge is 0.330 e. The summed E-state index contributed by atoms with van der Waals surface area (Å²) >= 11 is 0. The molecule has 0 aromatic rings. The minimum absolute atomic E-state index is 0.634. The molecule has 0 aromatic heterocycles. The van der Waals surface area contributed by atoms with Gasteiger partial charge in [0.05, 0.1) is 0 Å². The van der Waals surface area contributed by atoms with E-state index in [1.807, 2.05) is 0 Å². The highest BCUT2D eigenvalue weighted by Crippen LogP contribution is 2.59. The van der Waals surface area contributed by atoms with Gasteiger partial charge in [-0.2, -0.15) is 0 Å². The second kappa shape index (κ2) is 2.54. The fourth-order valence-electron chi connectivity index (χ4n) is 2.27. The van der Waals surface area contributed by atoms with Crippen molar-refractivity contribution in [1.29, 1.82) is 0 Å². The van der Waals surface area contributed by atoms with E-state index < -0.39 is 0 Å². The fraction of sp³-hybridized carbons (Fsp3) is 1.00. The number of rotatable bonds is 3. The van der Waals surface area contributed by atoms with Crippen molar-refractivity contribution in [3.05, 3.63) is 0 Å². The Kier molecular flexibility index (Phi) is 2.04. The summed E-state index contributed by atoms with van der Waals surface area (Å²) in [5.41, 5.74) is 6.26. The average Bonchev–Trinajstić information content (AvgIpc) is 2.62. The molecule has 1 heteroatoms. The van der Waals surface area contributed by atoms with E-state index in [4.69, 9.17) is 5.73 Å². The van der Waals surface area contributed by atoms with Gasteiger partial charge in [0.15, 0.2) is 0 Å². The maximum absolute atomic E-state index is 5.62. The molecule has 0 bridgehead atoms. The van der Waals surface area contributed by atoms with E-state index >= 15 is 0 Å². The van der Waals surface area contributed by atoms with Crippen molar-refractivity contribution in [3.63, 3.8) is 0 Å². The third kappa shape index (κ3) is 0.968. The van der Waals surface area contributed by atoms with Gasteiger partial charge in [-0.05, 0) is 36.6 Å². The predicted octanol–water partition coefficient (Wildman–Crippen LogP) is 2.02. The molecule has 0 spiro atoms. The molecule has 60 valence electrons. The standard InChI is InChI=1S/C9H19N/c1-4-9(7(2)3)5-8(9)6-10/h7-8H,4-6,10H2,1-3H3. The molecule has 0 aliphatic heterocycles. The zero-order chi connectivity index (χ0) is 7.78. The zero-order valence-corrected chi connectivity index (χ0v) is 7.35. The van der Waals surface area contributed by atoms with Gasteiger partial charge in [-0.15, -0.1) is 0 Å². The van der Waals surface area contributed by atoms with E-state index in [1.165, 1.54) is 12.8 Å². The Morgan fingerprint density at radius 1 is 1.60 bits per heavy atom. The van der Waals surface area contributed by atoms with E-state index in [0.29, 0.717) is 5.41 Å². The van der Waals surface area contributed by atoms with Gasteiger partial charge in [0.2, 0.25) is 0 Å². The van der Waals surface area contributed by atoms with E-state index in [2.05, 4.69) is 20.8 Å². The summed E-state index contributed by atoms with van der Waals surface area (Å²) in [5, 5.41) is 0. The van der Waals surface area contributed by atoms with E-state index in [-0.39, 0.29) is 0 Å². The Labute approximate surface area is 64.0 Å². The van der Waals surface area contributed by atoms with Crippen molar-refractivity contribution in [2.45, 2.75) is 33.6 Å². The molecule has 1 nitrogen and oxygen atoms in total. The first-order chi connectivity index (χ1) is 4.67. The van der Waals surface area contributed by atoms with Gasteiger partial charge in [-0.25, -0.2) is 0 Å². The second-order valence-electron chi connectivity index (χ2n) is 3.88. The molecule has 0 amide bonds. The summed E-state index contributed by atoms with van der Waals surface area (Å²) in [6.45, 7) is 7.82. The van der Waals surface area contributed by atoms with Crippen molar-refractivity contribution in [3.8, 4) is 0 Å². The van der Waals surface area contributed by atoms with Crippen LogP contribution in [0, 0.1) is 17.3 Å². The average molecular weight is 141 g/mol. The predicted molar refractivity (Wildman–Crippen MR) is 44.7 cm³/mol. The van der Waals surface area contributed by atoms with Crippen molar-refractivity contribution < 1.29 is 0 Å². The number of hydrogen-bond acceptors (Lipinski definition) is 1. The van der Waals surface area contributed by atoms with Gasteiger partial charge in [0.1, 0.15) is 0 Å². The maximum atomic E-state index is 5.62. The summed E-state index contributed by atoms with van der Waals surface area (Å²) in [6, 6.07) is 0. The van der Waals surface area contributed by atoms with Crippen LogP contribution in [0.15, 0.2) is 0 Å². The van der Waals surface area contributed by atoms with E-state index in [0.717, 1.165) is 18.4 Å². The summed E-state index contributed by atoms with van der Waals surface area (Å²) < 4.78 is 0. The lowest BCUT2D eigenvalue weighted by Gasteiger charge is -2.18. The third-order valence-corrected chi connectivity index (χ3v) is 3.37. The molecule has 1 aliphatic rings. The van der Waals surface area contributed by atoms with Gasteiger partial charge >= 0.3 is 0 Å². The van der Waals surface area contributed by atoms with Crippen LogP contribution in [0.3, 0.4) is 0 Å². The Hall–Kier alpha value is -0.0400. The topological polar surface area (TPSA) is 26.0 Å². The second-order valence-corrected chi connectivity index (χ2v) is 3.88. The Balaban J connectivity index is 2.50. The van der Waals surface area contributed by atoms with Crippen LogP contribution in [0.4, 0.5) is 0 Å². The molecule has 2 atom stereocenters. The molecule has 1 aliphatic carbocycles. The highest BCUT2D eigenvalue weighted by atomic mass is 14.7. The van der Waals surface area contributed by atoms with Gasteiger partial charge in [-0.3, -0.25) is 0 Å². The Bertz CT molecular complexity index is 120. The quantitative estimate of drug-likeness (QED) is 0.639. The lowest BCUT2D eigenvalue weighted by molar-refractivity contribution is 0.314. The third-order valence-electron chi connectivity index (χ3n) is 3.37. The Morgan fingerprint density at radius 3 is 2.30 bits per heavy atom. The minimum atomic E-state index is 0.634. The molecule has 0 radical (unpaired) electrons. The Morgan fingerprint density at radius 2 is 2.20 bits per heavy atom. The minimum Gasteiger partial charge on any atom is -0.330 e. The zero-order valence-electron chi connectivity index (χ0n) is 7.35. The molecule has 10 heavy (non-hydrogen) atoms. The molecule has 2 N–H and O–H groups in total. The maximum Gasteiger partial charge on any atom is -0.00432 e. The molecule has 0 heterocycles. The van der Waals surface area contributed by atoms with Crippen molar-refractivity contribution >= 4 is 0 Å². The summed E-state index contributed by atoms with van der Waals surface area (Å²) in [6.07, 6.45) is 2.68. The lowest BCUT2D eigenvalue weighted by atomic mass is 9.87. The van der Waals surface area contributed by atoms with Crippen molar-refractivity contribution in [2.24, 2.45) is 23.0 Å². The smallest absolute Gasteiger partial charge is 0.00432 e. The van der Waals surface area contributed by atoms with Crippen LogP contribution < -0.4 is 5.73 Å². The van der Waals surface area contributed by atoms with Gasteiger partial charge in [0, 0.05) is 0 Å². The molecule has 1 fully saturated rings. The highest BCUT2D eigenvalue weighted by Gasteiger charge is 2.53. The van der Waals surface area contributed by atoms with Crippen LogP contribution in [0.25, 0.3) is 0 Å². The fourth-order valence-corrected chi connectivity index (χ4v) is 2.27. The highest BCUT2D eigenvalue weighted by molar-refractivity contribution is 5.03. The van der Waals surface area contributed by atoms with Crippen LogP contribution in [-0.2, 0) is 0 Å². The molecule has 0 saturated heterocycles. The number of hydrogen-bond donors (Lipinski definition) is 1. The van der Waals surface area contributed by atoms with Crippen LogP contribution in [0.2, 0.25) is 0 Å². The number of nitrogens with two attached hydrogens (primary N) is 1. The first kappa shape index (κ1) is 8.06. The lowest BCUT2D eigenvalue weighted by Crippen LogP contribution is -2.15. The molecule has 0 aromatic carbocycles. The monoisotopic (exact) mass is 141 g/mol. The summed E-state index contributed by atoms with van der Waals surface area (Å²) in [4.78, 5) is 0. The summed E-state index contributed by atoms with van der Waals surface area (Å²) in [7, 11) is 0. The van der Waals surface area contributed by atoms with E-state index in [1.54, 1.807) is 0 Å². The summed E-state index contributed by atoms with van der Waals surface area (Å²) in [5.74, 6) is 1.66. The first-order valence-electron chi connectivity index (χ1n) is 4.37. The molecule has 2 unspecified atom stereocenters. The first-order valence-corrected chi connectivity index (χ1v) is 4.37. The van der Waals surface area contributed by atoms with Crippen molar-refractivity contribution in [2.75, 3.05) is 6.54 Å². The normalized spacial score (nSPS) is 38.7. The van der Waals surface area contributed by atoms with Crippen LogP contribution in [-0.4, -0.2) is 6.54 Å². The van der Waals surface area contributed by atoms with Crippen molar-refractivity contribution in [1.82, 2.24) is 0 Å². The van der Waals surface area contributed by atoms with E-state index in [9.17, 15) is 0 Å². The molecule has 1 saturated carbocycles. The molecule has 1 rings (SSSR count). The molecular weight excluding hydrogens is 122 g/mol. The SMILES string of the molecule is CCC1(C(C)C)CC1CN.